The van der Waals surface area contributed by atoms with Crippen LogP contribution in [0.15, 0.2) is 53.9 Å². The molecule has 9 heteroatoms. The Hall–Kier alpha value is -3.33. The fraction of sp³-hybridized carbons (Fsp3) is 0.273. The van der Waals surface area contributed by atoms with E-state index in [2.05, 4.69) is 51.9 Å². The van der Waals surface area contributed by atoms with Gasteiger partial charge in [0.2, 0.25) is 0 Å². The lowest BCUT2D eigenvalue weighted by atomic mass is 10.0. The summed E-state index contributed by atoms with van der Waals surface area (Å²) in [6.07, 6.45) is 6.24. The number of rotatable bonds is 4. The molecule has 1 N–H and O–H groups in total. The zero-order valence-corrected chi connectivity index (χ0v) is 18.7. The van der Waals surface area contributed by atoms with E-state index in [4.69, 9.17) is 0 Å². The third-order valence-electron chi connectivity index (χ3n) is 6.02. The number of hydrogen-bond acceptors (Lipinski definition) is 5. The van der Waals surface area contributed by atoms with Gasteiger partial charge in [0.25, 0.3) is 10.0 Å². The molecule has 4 heterocycles. The van der Waals surface area contributed by atoms with E-state index in [1.807, 2.05) is 17.8 Å². The van der Waals surface area contributed by atoms with E-state index in [1.54, 1.807) is 25.5 Å². The van der Waals surface area contributed by atoms with Crippen molar-refractivity contribution in [3.8, 4) is 11.1 Å². The maximum atomic E-state index is 12.9. The lowest BCUT2D eigenvalue weighted by molar-refractivity contribution is 0.593. The van der Waals surface area contributed by atoms with Crippen LogP contribution in [-0.4, -0.2) is 40.8 Å². The zero-order chi connectivity index (χ0) is 21.9. The quantitative estimate of drug-likeness (QED) is 0.531. The van der Waals surface area contributed by atoms with Crippen molar-refractivity contribution in [2.75, 3.05) is 16.7 Å². The third-order valence-corrected chi connectivity index (χ3v) is 7.28. The molecule has 0 spiro atoms. The topological polar surface area (TPSA) is 85.0 Å². The van der Waals surface area contributed by atoms with Crippen LogP contribution in [0.2, 0.25) is 0 Å². The van der Waals surface area contributed by atoms with Crippen molar-refractivity contribution in [3.05, 3.63) is 54.5 Å². The Balaban J connectivity index is 1.65. The maximum absolute atomic E-state index is 12.9. The van der Waals surface area contributed by atoms with Crippen LogP contribution in [0.3, 0.4) is 0 Å². The van der Waals surface area contributed by atoms with Gasteiger partial charge in [-0.25, -0.2) is 4.98 Å². The Bertz CT molecular complexity index is 1420. The molecule has 5 rings (SSSR count). The van der Waals surface area contributed by atoms with Crippen LogP contribution in [0.25, 0.3) is 22.2 Å². The summed E-state index contributed by atoms with van der Waals surface area (Å²) in [6.45, 7) is 2.21. The summed E-state index contributed by atoms with van der Waals surface area (Å²) >= 11 is 0. The van der Waals surface area contributed by atoms with Gasteiger partial charge in [0.05, 0.1) is 11.1 Å². The number of aromatic nitrogens is 4. The molecular formula is C22H24N6O2S. The van der Waals surface area contributed by atoms with E-state index in [0.29, 0.717) is 17.4 Å². The number of aryl methyl sites for hydroxylation is 2. The van der Waals surface area contributed by atoms with Crippen LogP contribution in [0.5, 0.6) is 0 Å². The first-order valence-corrected chi connectivity index (χ1v) is 11.6. The van der Waals surface area contributed by atoms with Crippen LogP contribution in [0.1, 0.15) is 12.5 Å². The first-order chi connectivity index (χ1) is 14.7. The standard InChI is InChI=1S/C22H24N6O2S/c1-14-11-16-6-5-15(12-19(16)28(14)4)17-13-26(2)22-21(17)18(7-9-23-22)25-31(29,30)20-8-10-27(3)24-20/h5-10,12-14H,11H2,1-4H3,(H,23,25)/t14-/m0/s1. The highest BCUT2D eigenvalue weighted by Gasteiger charge is 2.25. The maximum Gasteiger partial charge on any atom is 0.281 e. The Morgan fingerprint density at radius 3 is 2.68 bits per heavy atom. The van der Waals surface area contributed by atoms with E-state index in [9.17, 15) is 8.42 Å². The van der Waals surface area contributed by atoms with Crippen LogP contribution in [-0.2, 0) is 30.5 Å². The van der Waals surface area contributed by atoms with Gasteiger partial charge in [0.1, 0.15) is 5.65 Å². The number of nitrogens with zero attached hydrogens (tertiary/aromatic N) is 5. The average Bonchev–Trinajstić information content (AvgIpc) is 3.39. The van der Waals surface area contributed by atoms with Gasteiger partial charge in [-0.2, -0.15) is 13.5 Å². The van der Waals surface area contributed by atoms with E-state index < -0.39 is 10.0 Å². The number of likely N-dealkylation sites (N-methyl/N-ethyl adjacent to an activating group) is 1. The van der Waals surface area contributed by atoms with E-state index in [0.717, 1.165) is 22.9 Å². The summed E-state index contributed by atoms with van der Waals surface area (Å²) in [7, 11) is 1.88. The molecule has 0 fully saturated rings. The number of benzene rings is 1. The van der Waals surface area contributed by atoms with Crippen LogP contribution < -0.4 is 9.62 Å². The average molecular weight is 437 g/mol. The normalized spacial score (nSPS) is 16.1. The SMILES string of the molecule is C[C@H]1Cc2ccc(-c3cn(C)c4nccc(NS(=O)(=O)c5ccn(C)n5)c34)cc2N1C. The number of sulfonamides is 1. The predicted molar refractivity (Wildman–Crippen MR) is 122 cm³/mol. The molecule has 1 atom stereocenters. The summed E-state index contributed by atoms with van der Waals surface area (Å²) in [6, 6.07) is 10.1. The largest absolute Gasteiger partial charge is 0.371 e. The molecule has 0 radical (unpaired) electrons. The minimum absolute atomic E-state index is 0.0226. The molecule has 0 saturated heterocycles. The second kappa shape index (κ2) is 6.84. The molecule has 0 bridgehead atoms. The molecule has 160 valence electrons. The smallest absolute Gasteiger partial charge is 0.281 e. The highest BCUT2D eigenvalue weighted by molar-refractivity contribution is 7.92. The summed E-state index contributed by atoms with van der Waals surface area (Å²) in [5.41, 5.74) is 5.68. The van der Waals surface area contributed by atoms with Crippen molar-refractivity contribution >= 4 is 32.4 Å². The van der Waals surface area contributed by atoms with Crippen molar-refractivity contribution in [3.63, 3.8) is 0 Å². The molecule has 31 heavy (non-hydrogen) atoms. The van der Waals surface area contributed by atoms with Gasteiger partial charge in [-0.1, -0.05) is 12.1 Å². The van der Waals surface area contributed by atoms with Crippen LogP contribution >= 0.6 is 0 Å². The molecular weight excluding hydrogens is 412 g/mol. The highest BCUT2D eigenvalue weighted by Crippen LogP contribution is 2.39. The first-order valence-electron chi connectivity index (χ1n) is 10.1. The van der Waals surface area contributed by atoms with Gasteiger partial charge >= 0.3 is 0 Å². The summed E-state index contributed by atoms with van der Waals surface area (Å²) < 4.78 is 31.9. The fourth-order valence-corrected chi connectivity index (χ4v) is 5.31. The Morgan fingerprint density at radius 2 is 1.94 bits per heavy atom. The van der Waals surface area contributed by atoms with E-state index in [1.165, 1.54) is 22.0 Å². The highest BCUT2D eigenvalue weighted by atomic mass is 32.2. The van der Waals surface area contributed by atoms with Gasteiger partial charge in [-0.3, -0.25) is 9.40 Å². The van der Waals surface area contributed by atoms with E-state index >= 15 is 0 Å². The molecule has 1 aliphatic rings. The predicted octanol–water partition coefficient (Wildman–Crippen LogP) is 3.16. The number of hydrogen-bond donors (Lipinski definition) is 1. The monoisotopic (exact) mass is 436 g/mol. The molecule has 8 nitrogen and oxygen atoms in total. The molecule has 1 aliphatic heterocycles. The molecule has 3 aromatic heterocycles. The van der Waals surface area contributed by atoms with Gasteiger partial charge < -0.3 is 9.47 Å². The Kier molecular flexibility index (Phi) is 4.33. The summed E-state index contributed by atoms with van der Waals surface area (Å²) in [5.74, 6) is 0. The second-order valence-electron chi connectivity index (χ2n) is 8.15. The Labute approximate surface area is 181 Å². The van der Waals surface area contributed by atoms with Crippen molar-refractivity contribution in [2.24, 2.45) is 14.1 Å². The van der Waals surface area contributed by atoms with Crippen molar-refractivity contribution < 1.29 is 8.42 Å². The van der Waals surface area contributed by atoms with Gasteiger partial charge in [0.15, 0.2) is 5.03 Å². The molecule has 1 aromatic carbocycles. The van der Waals surface area contributed by atoms with Gasteiger partial charge in [0, 0.05) is 57.0 Å². The van der Waals surface area contributed by atoms with Crippen molar-refractivity contribution in [1.82, 2.24) is 19.3 Å². The minimum Gasteiger partial charge on any atom is -0.371 e. The second-order valence-corrected chi connectivity index (χ2v) is 9.78. The van der Waals surface area contributed by atoms with Crippen LogP contribution in [0.4, 0.5) is 11.4 Å². The minimum atomic E-state index is -3.83. The molecule has 0 unspecified atom stereocenters. The van der Waals surface area contributed by atoms with Gasteiger partial charge in [-0.05, 0) is 42.7 Å². The fourth-order valence-electron chi connectivity index (χ4n) is 4.27. The van der Waals surface area contributed by atoms with Crippen molar-refractivity contribution in [2.45, 2.75) is 24.4 Å². The number of fused-ring (bicyclic) bond motifs is 2. The summed E-state index contributed by atoms with van der Waals surface area (Å²) in [4.78, 5) is 6.78. The first kappa shape index (κ1) is 19.6. The molecule has 0 aliphatic carbocycles. The number of pyridine rings is 1. The summed E-state index contributed by atoms with van der Waals surface area (Å²) in [5, 5.41) is 4.78. The molecule has 0 saturated carbocycles. The Morgan fingerprint density at radius 1 is 1.13 bits per heavy atom. The van der Waals surface area contributed by atoms with Crippen LogP contribution in [0, 0.1) is 0 Å². The van der Waals surface area contributed by atoms with E-state index in [-0.39, 0.29) is 5.03 Å². The zero-order valence-electron chi connectivity index (χ0n) is 17.9. The molecule has 4 aromatic rings. The third kappa shape index (κ3) is 3.16. The van der Waals surface area contributed by atoms with Crippen molar-refractivity contribution in [1.29, 1.82) is 0 Å². The molecule has 0 amide bonds. The lowest BCUT2D eigenvalue weighted by Crippen LogP contribution is -2.23. The number of nitrogens with one attached hydrogen (secondary N) is 1. The number of anilines is 2. The van der Waals surface area contributed by atoms with Gasteiger partial charge in [-0.15, -0.1) is 0 Å². The lowest BCUT2D eigenvalue weighted by Gasteiger charge is -2.18.